The van der Waals surface area contributed by atoms with E-state index < -0.39 is 0 Å². The van der Waals surface area contributed by atoms with Crippen LogP contribution in [0.4, 0.5) is 0 Å². The van der Waals surface area contributed by atoms with Crippen molar-refractivity contribution in [2.24, 2.45) is 0 Å². The van der Waals surface area contributed by atoms with Crippen molar-refractivity contribution in [2.75, 3.05) is 0 Å². The van der Waals surface area contributed by atoms with Crippen LogP contribution in [0.2, 0.25) is 8.67 Å². The quantitative estimate of drug-likeness (QED) is 0.500. The van der Waals surface area contributed by atoms with Crippen LogP contribution in [0.25, 0.3) is 0 Å². The number of benzene rings is 1. The summed E-state index contributed by atoms with van der Waals surface area (Å²) in [4.78, 5) is 0. The Hall–Kier alpha value is -0.210. The van der Waals surface area contributed by atoms with Gasteiger partial charge in [0, 0.05) is 5.56 Å². The minimum absolute atomic E-state index is 0.235. The summed E-state index contributed by atoms with van der Waals surface area (Å²) in [5.74, 6) is 0.723. The van der Waals surface area contributed by atoms with Crippen molar-refractivity contribution in [3.05, 3.63) is 55.7 Å². The lowest BCUT2D eigenvalue weighted by Crippen LogP contribution is -2.04. The van der Waals surface area contributed by atoms with Crippen molar-refractivity contribution >= 4 is 46.1 Å². The van der Waals surface area contributed by atoms with E-state index in [0.29, 0.717) is 8.67 Å². The third-order valence-electron chi connectivity index (χ3n) is 4.26. The predicted octanol–water partition coefficient (Wildman–Crippen LogP) is 7.43. The van der Waals surface area contributed by atoms with Gasteiger partial charge >= 0.3 is 0 Å². The van der Waals surface area contributed by atoms with Crippen molar-refractivity contribution in [1.82, 2.24) is 0 Å². The molecule has 0 radical (unpaired) electrons. The molecule has 0 aliphatic heterocycles. The topological polar surface area (TPSA) is 0 Å². The zero-order valence-corrected chi connectivity index (χ0v) is 14.7. The van der Waals surface area contributed by atoms with E-state index in [1.807, 2.05) is 6.07 Å². The molecule has 1 unspecified atom stereocenters. The zero-order valence-electron chi connectivity index (χ0n) is 11.6. The number of halogens is 3. The monoisotopic (exact) mass is 358 g/mol. The molecule has 4 heteroatoms. The lowest BCUT2D eigenvalue weighted by molar-refractivity contribution is 0.443. The second-order valence-corrected chi connectivity index (χ2v) is 8.37. The Kier molecular flexibility index (Phi) is 5.16. The summed E-state index contributed by atoms with van der Waals surface area (Å²) < 4.78 is 1.36. The third kappa shape index (κ3) is 3.59. The molecule has 0 spiro atoms. The molecular weight excluding hydrogens is 343 g/mol. The van der Waals surface area contributed by atoms with Crippen molar-refractivity contribution in [1.29, 1.82) is 0 Å². The van der Waals surface area contributed by atoms with Gasteiger partial charge in [-0.05, 0) is 36.0 Å². The molecule has 0 saturated heterocycles. The summed E-state index contributed by atoms with van der Waals surface area (Å²) in [5.41, 5.74) is 3.42. The van der Waals surface area contributed by atoms with Gasteiger partial charge < -0.3 is 0 Å². The van der Waals surface area contributed by atoms with Crippen LogP contribution in [0.15, 0.2) is 30.3 Å². The first-order valence-electron chi connectivity index (χ1n) is 7.34. The van der Waals surface area contributed by atoms with Gasteiger partial charge in [-0.1, -0.05) is 66.7 Å². The summed E-state index contributed by atoms with van der Waals surface area (Å²) in [7, 11) is 0. The van der Waals surface area contributed by atoms with Crippen LogP contribution < -0.4 is 0 Å². The van der Waals surface area contributed by atoms with E-state index in [0.717, 1.165) is 17.0 Å². The molecule has 1 aromatic carbocycles. The Morgan fingerprint density at radius 1 is 1.00 bits per heavy atom. The maximum absolute atomic E-state index is 6.55. The summed E-state index contributed by atoms with van der Waals surface area (Å²) in [6.45, 7) is 0. The second-order valence-electron chi connectivity index (χ2n) is 5.64. The Bertz CT molecular complexity index is 597. The van der Waals surface area contributed by atoms with Gasteiger partial charge in [-0.3, -0.25) is 0 Å². The third-order valence-corrected chi connectivity index (χ3v) is 6.27. The predicted molar refractivity (Wildman–Crippen MR) is 94.3 cm³/mol. The maximum atomic E-state index is 6.55. The molecule has 1 aliphatic carbocycles. The molecule has 1 saturated carbocycles. The van der Waals surface area contributed by atoms with Gasteiger partial charge in [0.1, 0.15) is 0 Å². The molecule has 0 nitrogen and oxygen atoms in total. The molecule has 112 valence electrons. The Morgan fingerprint density at radius 2 is 1.67 bits per heavy atom. The van der Waals surface area contributed by atoms with Gasteiger partial charge in [0.15, 0.2) is 0 Å². The molecule has 3 rings (SSSR count). The highest BCUT2D eigenvalue weighted by Crippen LogP contribution is 2.41. The lowest BCUT2D eigenvalue weighted by atomic mass is 9.84. The standard InChI is InChI=1S/C17H17Cl3S/c18-15-10-14(17(20)21-15)16(19)13-8-6-12(7-9-13)11-4-2-1-3-5-11/h6-11,16H,1-5H2. The van der Waals surface area contributed by atoms with Crippen molar-refractivity contribution in [2.45, 2.75) is 43.4 Å². The molecule has 0 amide bonds. The van der Waals surface area contributed by atoms with Crippen molar-refractivity contribution in [3.63, 3.8) is 0 Å². The SMILES string of the molecule is Clc1cc(C(Cl)c2ccc(C3CCCCC3)cc2)c(Cl)s1. The van der Waals surface area contributed by atoms with Gasteiger partial charge in [-0.15, -0.1) is 22.9 Å². The summed E-state index contributed by atoms with van der Waals surface area (Å²) in [6.07, 6.45) is 6.72. The highest BCUT2D eigenvalue weighted by atomic mass is 35.5. The Labute approximate surface area is 145 Å². The van der Waals surface area contributed by atoms with E-state index in [1.165, 1.54) is 49.0 Å². The van der Waals surface area contributed by atoms with Gasteiger partial charge in [0.05, 0.1) is 14.0 Å². The zero-order chi connectivity index (χ0) is 14.8. The summed E-state index contributed by atoms with van der Waals surface area (Å²) in [5, 5.41) is -0.235. The molecule has 0 bridgehead atoms. The fourth-order valence-corrected chi connectivity index (χ4v) is 5.05. The van der Waals surface area contributed by atoms with Crippen LogP contribution >= 0.6 is 46.1 Å². The molecular formula is C17H17Cl3S. The molecule has 1 atom stereocenters. The largest absolute Gasteiger partial charge is 0.113 e. The number of rotatable bonds is 3. The molecule has 21 heavy (non-hydrogen) atoms. The number of thiophene rings is 1. The van der Waals surface area contributed by atoms with Gasteiger partial charge in [-0.2, -0.15) is 0 Å². The smallest absolute Gasteiger partial charge is 0.0994 e. The molecule has 2 aromatic rings. The summed E-state index contributed by atoms with van der Waals surface area (Å²) >= 11 is 20.1. The molecule has 1 aromatic heterocycles. The second kappa shape index (κ2) is 6.91. The fourth-order valence-electron chi connectivity index (χ4n) is 3.08. The first-order chi connectivity index (χ1) is 10.1. The Morgan fingerprint density at radius 3 is 2.24 bits per heavy atom. The van der Waals surface area contributed by atoms with E-state index in [1.54, 1.807) is 0 Å². The van der Waals surface area contributed by atoms with E-state index in [9.17, 15) is 0 Å². The highest BCUT2D eigenvalue weighted by molar-refractivity contribution is 7.20. The minimum Gasteiger partial charge on any atom is -0.113 e. The number of alkyl halides is 1. The highest BCUT2D eigenvalue weighted by Gasteiger charge is 2.19. The van der Waals surface area contributed by atoms with Crippen molar-refractivity contribution in [3.8, 4) is 0 Å². The van der Waals surface area contributed by atoms with E-state index in [-0.39, 0.29) is 5.38 Å². The van der Waals surface area contributed by atoms with E-state index in [2.05, 4.69) is 24.3 Å². The fraction of sp³-hybridized carbons (Fsp3) is 0.412. The van der Waals surface area contributed by atoms with E-state index in [4.69, 9.17) is 34.8 Å². The van der Waals surface area contributed by atoms with Gasteiger partial charge in [-0.25, -0.2) is 0 Å². The van der Waals surface area contributed by atoms with E-state index >= 15 is 0 Å². The first kappa shape index (κ1) is 15.7. The van der Waals surface area contributed by atoms with Crippen LogP contribution in [0.1, 0.15) is 60.1 Å². The average molecular weight is 360 g/mol. The number of hydrogen-bond donors (Lipinski definition) is 0. The summed E-state index contributed by atoms with van der Waals surface area (Å²) in [6, 6.07) is 10.6. The molecule has 1 heterocycles. The van der Waals surface area contributed by atoms with Crippen LogP contribution in [0, 0.1) is 0 Å². The molecule has 0 N–H and O–H groups in total. The first-order valence-corrected chi connectivity index (χ1v) is 9.34. The van der Waals surface area contributed by atoms with Gasteiger partial charge in [0.2, 0.25) is 0 Å². The minimum atomic E-state index is -0.235. The number of hydrogen-bond acceptors (Lipinski definition) is 1. The average Bonchev–Trinajstić information content (AvgIpc) is 2.86. The van der Waals surface area contributed by atoms with Crippen LogP contribution in [-0.2, 0) is 0 Å². The maximum Gasteiger partial charge on any atom is 0.0994 e. The van der Waals surface area contributed by atoms with Crippen LogP contribution in [0.3, 0.4) is 0 Å². The molecule has 1 fully saturated rings. The van der Waals surface area contributed by atoms with Crippen LogP contribution in [0.5, 0.6) is 0 Å². The van der Waals surface area contributed by atoms with Crippen LogP contribution in [-0.4, -0.2) is 0 Å². The van der Waals surface area contributed by atoms with Crippen molar-refractivity contribution < 1.29 is 0 Å². The van der Waals surface area contributed by atoms with Gasteiger partial charge in [0.25, 0.3) is 0 Å². The Balaban J connectivity index is 1.78. The molecule has 1 aliphatic rings. The lowest BCUT2D eigenvalue weighted by Gasteiger charge is -2.22. The normalized spacial score (nSPS) is 17.9.